The molecule has 2 N–H and O–H groups in total. The van der Waals surface area contributed by atoms with Crippen LogP contribution in [0.2, 0.25) is 0 Å². The molecule has 0 radical (unpaired) electrons. The lowest BCUT2D eigenvalue weighted by atomic mass is 10.0. The van der Waals surface area contributed by atoms with Crippen LogP contribution >= 0.6 is 11.3 Å². The van der Waals surface area contributed by atoms with Gasteiger partial charge in [0.1, 0.15) is 12.4 Å². The van der Waals surface area contributed by atoms with Gasteiger partial charge in [0.25, 0.3) is 5.56 Å². The predicted octanol–water partition coefficient (Wildman–Crippen LogP) is 3.42. The number of aromatic nitrogens is 1. The van der Waals surface area contributed by atoms with Crippen LogP contribution in [0.5, 0.6) is 5.75 Å². The molecule has 0 unspecified atom stereocenters. The number of benzene rings is 1. The summed E-state index contributed by atoms with van der Waals surface area (Å²) in [7, 11) is 0. The van der Waals surface area contributed by atoms with Gasteiger partial charge in [-0.3, -0.25) is 19.5 Å². The zero-order valence-corrected chi connectivity index (χ0v) is 20.4. The third kappa shape index (κ3) is 6.56. The fourth-order valence-electron chi connectivity index (χ4n) is 4.25. The number of hydrazine groups is 1. The van der Waals surface area contributed by atoms with Crippen molar-refractivity contribution in [2.24, 2.45) is 5.84 Å². The van der Waals surface area contributed by atoms with Gasteiger partial charge in [-0.05, 0) is 47.9 Å². The van der Waals surface area contributed by atoms with E-state index in [-0.39, 0.29) is 17.5 Å². The van der Waals surface area contributed by atoms with Crippen LogP contribution in [-0.2, 0) is 30.9 Å². The molecular formula is C26H32N4O3S. The molecule has 3 aromatic rings. The summed E-state index contributed by atoms with van der Waals surface area (Å²) in [6.45, 7) is 5.38. The Morgan fingerprint density at radius 2 is 1.88 bits per heavy atom. The summed E-state index contributed by atoms with van der Waals surface area (Å²) in [6.07, 6.45) is 4.40. The Kier molecular flexibility index (Phi) is 8.16. The molecule has 0 spiro atoms. The molecular weight excluding hydrogens is 448 g/mol. The molecule has 1 saturated heterocycles. The SMILES string of the molecule is CC(=O)N(N)C1CCN(Cc2ccc(CCn3ccc(OCc4cccs4)cc3=O)cc2)CC1. The molecule has 4 rings (SSSR count). The third-order valence-electron chi connectivity index (χ3n) is 6.31. The Morgan fingerprint density at radius 3 is 2.53 bits per heavy atom. The van der Waals surface area contributed by atoms with Crippen LogP contribution in [0.3, 0.4) is 0 Å². The van der Waals surface area contributed by atoms with Gasteiger partial charge in [-0.2, -0.15) is 0 Å². The van der Waals surface area contributed by atoms with Gasteiger partial charge in [0, 0.05) is 50.2 Å². The maximum absolute atomic E-state index is 12.5. The molecule has 1 amide bonds. The van der Waals surface area contributed by atoms with Crippen molar-refractivity contribution in [3.05, 3.63) is 86.5 Å². The van der Waals surface area contributed by atoms with E-state index in [1.165, 1.54) is 23.1 Å². The number of nitrogens with two attached hydrogens (primary N) is 1. The fourth-order valence-corrected chi connectivity index (χ4v) is 4.86. The molecule has 8 heteroatoms. The second-order valence-corrected chi connectivity index (χ2v) is 9.79. The van der Waals surface area contributed by atoms with Crippen molar-refractivity contribution in [1.29, 1.82) is 0 Å². The lowest BCUT2D eigenvalue weighted by molar-refractivity contribution is -0.132. The predicted molar refractivity (Wildman–Crippen MR) is 135 cm³/mol. The lowest BCUT2D eigenvalue weighted by Gasteiger charge is -2.35. The van der Waals surface area contributed by atoms with E-state index in [1.807, 2.05) is 23.6 Å². The Morgan fingerprint density at radius 1 is 1.15 bits per heavy atom. The Balaban J connectivity index is 1.23. The number of amides is 1. The lowest BCUT2D eigenvalue weighted by Crippen LogP contribution is -2.49. The highest BCUT2D eigenvalue weighted by Gasteiger charge is 2.24. The molecule has 1 fully saturated rings. The number of hydrogen-bond acceptors (Lipinski definition) is 6. The summed E-state index contributed by atoms with van der Waals surface area (Å²) in [5.74, 6) is 6.39. The number of carbonyl (C=O) groups is 1. The zero-order chi connectivity index (χ0) is 23.9. The van der Waals surface area contributed by atoms with Crippen molar-refractivity contribution in [3.63, 3.8) is 0 Å². The largest absolute Gasteiger partial charge is 0.488 e. The molecule has 0 saturated carbocycles. The summed E-state index contributed by atoms with van der Waals surface area (Å²) in [5.41, 5.74) is 2.42. The van der Waals surface area contributed by atoms with Crippen LogP contribution in [-0.4, -0.2) is 39.5 Å². The number of aryl methyl sites for hydroxylation is 2. The summed E-state index contributed by atoms with van der Waals surface area (Å²) in [5, 5.41) is 3.39. The van der Waals surface area contributed by atoms with Gasteiger partial charge < -0.3 is 9.30 Å². The Hall–Kier alpha value is -2.94. The molecule has 3 heterocycles. The maximum Gasteiger partial charge on any atom is 0.254 e. The molecule has 0 bridgehead atoms. The maximum atomic E-state index is 12.5. The number of thiophene rings is 1. The molecule has 2 aromatic heterocycles. The highest BCUT2D eigenvalue weighted by molar-refractivity contribution is 7.09. The van der Waals surface area contributed by atoms with E-state index in [0.717, 1.165) is 43.8 Å². The van der Waals surface area contributed by atoms with Crippen molar-refractivity contribution in [1.82, 2.24) is 14.5 Å². The first-order chi connectivity index (χ1) is 16.5. The molecule has 1 aliphatic rings. The van der Waals surface area contributed by atoms with Gasteiger partial charge in [0.2, 0.25) is 5.91 Å². The first kappa shape index (κ1) is 24.2. The van der Waals surface area contributed by atoms with Crippen LogP contribution in [0.25, 0.3) is 0 Å². The second-order valence-electron chi connectivity index (χ2n) is 8.76. The van der Waals surface area contributed by atoms with Crippen molar-refractivity contribution >= 4 is 17.2 Å². The van der Waals surface area contributed by atoms with Crippen LogP contribution in [0, 0.1) is 0 Å². The first-order valence-corrected chi connectivity index (χ1v) is 12.6. The fraction of sp³-hybridized carbons (Fsp3) is 0.385. The molecule has 0 atom stereocenters. The van der Waals surface area contributed by atoms with E-state index in [9.17, 15) is 9.59 Å². The van der Waals surface area contributed by atoms with E-state index >= 15 is 0 Å². The van der Waals surface area contributed by atoms with Crippen LogP contribution in [0.1, 0.15) is 35.8 Å². The molecule has 1 aliphatic heterocycles. The minimum atomic E-state index is -0.0743. The van der Waals surface area contributed by atoms with E-state index in [1.54, 1.807) is 28.2 Å². The van der Waals surface area contributed by atoms with Crippen molar-refractivity contribution < 1.29 is 9.53 Å². The average molecular weight is 481 g/mol. The number of hydrogen-bond donors (Lipinski definition) is 1. The number of likely N-dealkylation sites (tertiary alicyclic amines) is 1. The van der Waals surface area contributed by atoms with Crippen LogP contribution in [0.15, 0.2) is 64.9 Å². The van der Waals surface area contributed by atoms with E-state index < -0.39 is 0 Å². The summed E-state index contributed by atoms with van der Waals surface area (Å²) < 4.78 is 7.44. The van der Waals surface area contributed by atoms with Gasteiger partial charge in [0.05, 0.1) is 6.04 Å². The normalized spacial score (nSPS) is 14.8. The molecule has 1 aromatic carbocycles. The minimum absolute atomic E-state index is 0.0514. The van der Waals surface area contributed by atoms with E-state index in [4.69, 9.17) is 10.6 Å². The van der Waals surface area contributed by atoms with E-state index in [2.05, 4.69) is 29.2 Å². The highest BCUT2D eigenvalue weighted by atomic mass is 32.1. The van der Waals surface area contributed by atoms with Gasteiger partial charge >= 0.3 is 0 Å². The number of ether oxygens (including phenoxy) is 1. The molecule has 34 heavy (non-hydrogen) atoms. The van der Waals surface area contributed by atoms with Gasteiger partial charge in [-0.25, -0.2) is 5.84 Å². The summed E-state index contributed by atoms with van der Waals surface area (Å²) in [4.78, 5) is 27.4. The quantitative estimate of drug-likeness (QED) is 0.288. The van der Waals surface area contributed by atoms with Crippen LogP contribution in [0.4, 0.5) is 0 Å². The molecule has 180 valence electrons. The average Bonchev–Trinajstić information content (AvgIpc) is 3.37. The molecule has 7 nitrogen and oxygen atoms in total. The number of piperidine rings is 1. The first-order valence-electron chi connectivity index (χ1n) is 11.7. The summed E-state index contributed by atoms with van der Waals surface area (Å²) >= 11 is 1.64. The third-order valence-corrected chi connectivity index (χ3v) is 7.16. The van der Waals surface area contributed by atoms with Gasteiger partial charge in [-0.15, -0.1) is 11.3 Å². The van der Waals surface area contributed by atoms with Crippen molar-refractivity contribution in [2.45, 2.75) is 51.9 Å². The molecule has 0 aliphatic carbocycles. The monoisotopic (exact) mass is 480 g/mol. The van der Waals surface area contributed by atoms with Crippen molar-refractivity contribution in [2.75, 3.05) is 13.1 Å². The van der Waals surface area contributed by atoms with Crippen molar-refractivity contribution in [3.8, 4) is 5.75 Å². The standard InChI is InChI=1S/C26H32N4O3S/c1-20(31)30(27)23-9-12-28(13-10-23)18-22-6-4-21(5-7-22)8-14-29-15-11-24(17-26(29)32)33-19-25-3-2-16-34-25/h2-7,11,15-17,23H,8-10,12-14,18-19,27H2,1H3. The van der Waals surface area contributed by atoms with Gasteiger partial charge in [0.15, 0.2) is 0 Å². The zero-order valence-electron chi connectivity index (χ0n) is 19.6. The van der Waals surface area contributed by atoms with Crippen LogP contribution < -0.4 is 16.1 Å². The second kappa shape index (κ2) is 11.5. The minimum Gasteiger partial charge on any atom is -0.488 e. The number of nitrogens with zero attached hydrogens (tertiary/aromatic N) is 3. The smallest absolute Gasteiger partial charge is 0.254 e. The van der Waals surface area contributed by atoms with Gasteiger partial charge in [-0.1, -0.05) is 30.3 Å². The number of rotatable bonds is 9. The van der Waals surface area contributed by atoms with E-state index in [0.29, 0.717) is 18.9 Å². The Bertz CT molecular complexity index is 1120. The number of carbonyl (C=O) groups excluding carboxylic acids is 1. The summed E-state index contributed by atoms with van der Waals surface area (Å²) in [6, 6.07) is 16.2. The Labute approximate surface area is 204 Å². The highest BCUT2D eigenvalue weighted by Crippen LogP contribution is 2.18. The topological polar surface area (TPSA) is 80.8 Å². The number of pyridine rings is 1.